The molecule has 17 heavy (non-hydrogen) atoms. The van der Waals surface area contributed by atoms with Gasteiger partial charge < -0.3 is 4.84 Å². The maximum absolute atomic E-state index is 12.6. The number of hydrogen-bond acceptors (Lipinski definition) is 3. The van der Waals surface area contributed by atoms with Crippen LogP contribution in [0.15, 0.2) is 6.07 Å². The predicted octanol–water partition coefficient (Wildman–Crippen LogP) is 2.82. The molecule has 2 rings (SSSR count). The van der Waals surface area contributed by atoms with Crippen molar-refractivity contribution in [2.45, 2.75) is 6.18 Å². The van der Waals surface area contributed by atoms with Gasteiger partial charge in [0.25, 0.3) is 5.82 Å². The van der Waals surface area contributed by atoms with E-state index in [-0.39, 0.29) is 21.3 Å². The number of nitrogens with zero attached hydrogens (tertiary/aromatic N) is 3. The van der Waals surface area contributed by atoms with Crippen molar-refractivity contribution < 1.29 is 18.0 Å². The standard InChI is InChI=1S/C8H4Cl2F3N3O/c1-17-16-4-2-3(9)5(10)14-6(4)15-7(16)8(11,12)13/h2H,1H3. The first-order valence-corrected chi connectivity index (χ1v) is 4.96. The second kappa shape index (κ2) is 3.92. The summed E-state index contributed by atoms with van der Waals surface area (Å²) in [7, 11) is 1.08. The molecule has 0 aliphatic heterocycles. The van der Waals surface area contributed by atoms with Crippen LogP contribution in [0.1, 0.15) is 5.82 Å². The van der Waals surface area contributed by atoms with Crippen molar-refractivity contribution >= 4 is 34.4 Å². The first kappa shape index (κ1) is 12.3. The maximum atomic E-state index is 12.6. The smallest absolute Gasteiger partial charge is 0.415 e. The van der Waals surface area contributed by atoms with Crippen LogP contribution in [-0.4, -0.2) is 21.8 Å². The fourth-order valence-corrected chi connectivity index (χ4v) is 1.58. The van der Waals surface area contributed by atoms with E-state index >= 15 is 0 Å². The Kier molecular flexibility index (Phi) is 2.82. The van der Waals surface area contributed by atoms with Crippen molar-refractivity contribution in [3.05, 3.63) is 22.1 Å². The highest BCUT2D eigenvalue weighted by Gasteiger charge is 2.39. The van der Waals surface area contributed by atoms with Gasteiger partial charge in [-0.25, -0.2) is 9.97 Å². The summed E-state index contributed by atoms with van der Waals surface area (Å²) in [4.78, 5) is 11.6. The van der Waals surface area contributed by atoms with Crippen LogP contribution in [-0.2, 0) is 6.18 Å². The average molecular weight is 286 g/mol. The summed E-state index contributed by atoms with van der Waals surface area (Å²) in [5.41, 5.74) is -0.192. The van der Waals surface area contributed by atoms with Crippen LogP contribution < -0.4 is 4.84 Å². The number of pyridine rings is 1. The minimum Gasteiger partial charge on any atom is -0.415 e. The van der Waals surface area contributed by atoms with E-state index in [4.69, 9.17) is 23.2 Å². The number of hydrogen-bond donors (Lipinski definition) is 0. The summed E-state index contributed by atoms with van der Waals surface area (Å²) < 4.78 is 38.4. The van der Waals surface area contributed by atoms with Crippen molar-refractivity contribution in [2.75, 3.05) is 7.11 Å². The molecule has 2 aromatic rings. The molecule has 0 radical (unpaired) electrons. The molecule has 0 fully saturated rings. The van der Waals surface area contributed by atoms with Crippen LogP contribution in [0.2, 0.25) is 10.2 Å². The molecule has 0 spiro atoms. The molecule has 0 aromatic carbocycles. The lowest BCUT2D eigenvalue weighted by Gasteiger charge is -2.08. The van der Waals surface area contributed by atoms with Gasteiger partial charge in [-0.1, -0.05) is 23.2 Å². The van der Waals surface area contributed by atoms with Gasteiger partial charge in [-0.2, -0.15) is 17.9 Å². The fourth-order valence-electron chi connectivity index (χ4n) is 1.30. The highest BCUT2D eigenvalue weighted by atomic mass is 35.5. The Morgan fingerprint density at radius 2 is 1.94 bits per heavy atom. The van der Waals surface area contributed by atoms with Gasteiger partial charge in [-0.05, 0) is 6.07 Å². The zero-order valence-corrected chi connectivity index (χ0v) is 9.73. The third-order valence-corrected chi connectivity index (χ3v) is 2.63. The van der Waals surface area contributed by atoms with Crippen LogP contribution in [0, 0.1) is 0 Å². The van der Waals surface area contributed by atoms with Crippen LogP contribution in [0.5, 0.6) is 0 Å². The minimum atomic E-state index is -4.66. The van der Waals surface area contributed by atoms with Crippen LogP contribution in [0.25, 0.3) is 11.2 Å². The summed E-state index contributed by atoms with van der Waals surface area (Å²) in [6.45, 7) is 0. The highest BCUT2D eigenvalue weighted by Crippen LogP contribution is 2.32. The average Bonchev–Trinajstić information content (AvgIpc) is 2.56. The van der Waals surface area contributed by atoms with E-state index in [1.165, 1.54) is 6.07 Å². The Morgan fingerprint density at radius 1 is 1.29 bits per heavy atom. The van der Waals surface area contributed by atoms with Crippen molar-refractivity contribution in [1.29, 1.82) is 0 Å². The van der Waals surface area contributed by atoms with E-state index in [1.807, 2.05) is 0 Å². The molecule has 92 valence electrons. The van der Waals surface area contributed by atoms with Gasteiger partial charge in [-0.3, -0.25) is 0 Å². The first-order valence-electron chi connectivity index (χ1n) is 4.20. The van der Waals surface area contributed by atoms with Gasteiger partial charge >= 0.3 is 6.18 Å². The van der Waals surface area contributed by atoms with E-state index < -0.39 is 12.0 Å². The van der Waals surface area contributed by atoms with Crippen LogP contribution in [0.3, 0.4) is 0 Å². The lowest BCUT2D eigenvalue weighted by atomic mass is 10.4. The number of fused-ring (bicyclic) bond motifs is 1. The summed E-state index contributed by atoms with van der Waals surface area (Å²) in [5.74, 6) is -1.22. The highest BCUT2D eigenvalue weighted by molar-refractivity contribution is 6.41. The topological polar surface area (TPSA) is 39.9 Å². The molecular formula is C8H4Cl2F3N3O. The van der Waals surface area contributed by atoms with Gasteiger partial charge in [0.2, 0.25) is 0 Å². The van der Waals surface area contributed by atoms with Gasteiger partial charge in [0.15, 0.2) is 5.65 Å². The summed E-state index contributed by atoms with van der Waals surface area (Å²) in [5, 5.41) is -0.0975. The molecule has 0 aliphatic carbocycles. The second-order valence-electron chi connectivity index (χ2n) is 3.01. The van der Waals surface area contributed by atoms with Crippen molar-refractivity contribution in [3.63, 3.8) is 0 Å². The van der Waals surface area contributed by atoms with E-state index in [9.17, 15) is 13.2 Å². The third-order valence-electron chi connectivity index (χ3n) is 1.95. The van der Waals surface area contributed by atoms with E-state index in [1.54, 1.807) is 0 Å². The second-order valence-corrected chi connectivity index (χ2v) is 3.78. The summed E-state index contributed by atoms with van der Waals surface area (Å²) in [6.07, 6.45) is -4.66. The van der Waals surface area contributed by atoms with Crippen molar-refractivity contribution in [1.82, 2.24) is 14.7 Å². The SMILES string of the molecule is COn1c(C(F)(F)F)nc2nc(Cl)c(Cl)cc21. The zero-order valence-electron chi connectivity index (χ0n) is 8.22. The summed E-state index contributed by atoms with van der Waals surface area (Å²) in [6, 6.07) is 1.21. The number of aromatic nitrogens is 3. The normalized spacial score (nSPS) is 12.1. The Hall–Kier alpha value is -1.21. The maximum Gasteiger partial charge on any atom is 0.453 e. The van der Waals surface area contributed by atoms with Gasteiger partial charge in [0, 0.05) is 0 Å². The van der Waals surface area contributed by atoms with E-state index in [2.05, 4.69) is 14.8 Å². The molecule has 0 bridgehead atoms. The number of rotatable bonds is 1. The van der Waals surface area contributed by atoms with Gasteiger partial charge in [0.1, 0.15) is 17.8 Å². The molecule has 9 heteroatoms. The number of imidazole rings is 1. The Morgan fingerprint density at radius 3 is 2.47 bits per heavy atom. The van der Waals surface area contributed by atoms with Crippen molar-refractivity contribution in [3.8, 4) is 0 Å². The van der Waals surface area contributed by atoms with Crippen LogP contribution in [0.4, 0.5) is 13.2 Å². The third kappa shape index (κ3) is 2.00. The Labute approximate surface area is 103 Å². The minimum absolute atomic E-state index is 0.00535. The molecule has 2 heterocycles. The molecule has 2 aromatic heterocycles. The predicted molar refractivity (Wildman–Crippen MR) is 55.1 cm³/mol. The number of alkyl halides is 3. The molecule has 0 N–H and O–H groups in total. The molecule has 0 unspecified atom stereocenters. The Bertz CT molecular complexity index is 581. The molecular weight excluding hydrogens is 282 g/mol. The van der Waals surface area contributed by atoms with Crippen molar-refractivity contribution in [2.24, 2.45) is 0 Å². The van der Waals surface area contributed by atoms with Crippen LogP contribution >= 0.6 is 23.2 Å². The quantitative estimate of drug-likeness (QED) is 0.757. The van der Waals surface area contributed by atoms with E-state index in [0.717, 1.165) is 7.11 Å². The largest absolute Gasteiger partial charge is 0.453 e. The van der Waals surface area contributed by atoms with E-state index in [0.29, 0.717) is 4.73 Å². The number of halogens is 5. The molecule has 0 amide bonds. The lowest BCUT2D eigenvalue weighted by Crippen LogP contribution is -2.18. The summed E-state index contributed by atoms with van der Waals surface area (Å²) >= 11 is 11.3. The molecule has 0 atom stereocenters. The van der Waals surface area contributed by atoms with Gasteiger partial charge in [0.05, 0.1) is 5.02 Å². The zero-order chi connectivity index (χ0) is 12.8. The molecule has 4 nitrogen and oxygen atoms in total. The lowest BCUT2D eigenvalue weighted by molar-refractivity contribution is -0.153. The molecule has 0 aliphatic rings. The monoisotopic (exact) mass is 285 g/mol. The molecule has 0 saturated carbocycles. The fraction of sp³-hybridized carbons (Fsp3) is 0.250. The first-order chi connectivity index (χ1) is 7.84. The Balaban J connectivity index is 2.80. The van der Waals surface area contributed by atoms with Gasteiger partial charge in [-0.15, -0.1) is 0 Å². The molecule has 0 saturated heterocycles.